The summed E-state index contributed by atoms with van der Waals surface area (Å²) in [4.78, 5) is 31.8. The van der Waals surface area contributed by atoms with Crippen LogP contribution in [0.25, 0.3) is 10.8 Å². The molecule has 0 fully saturated rings. The van der Waals surface area contributed by atoms with Gasteiger partial charge in [0.1, 0.15) is 12.4 Å². The monoisotopic (exact) mass is 583 g/mol. The maximum Gasteiger partial charge on any atom is 0.425 e. The zero-order chi connectivity index (χ0) is 29.5. The number of hydrogen-bond donors (Lipinski definition) is 0. The second-order valence-corrected chi connectivity index (χ2v) is 16.2. The average molecular weight is 584 g/mol. The molecule has 0 amide bonds. The van der Waals surface area contributed by atoms with E-state index in [1.54, 1.807) is 18.2 Å². The number of benzene rings is 1. The number of alkyl halides is 3. The molecule has 0 unspecified atom stereocenters. The third-order valence-electron chi connectivity index (χ3n) is 6.13. The van der Waals surface area contributed by atoms with Gasteiger partial charge in [-0.2, -0.15) is 18.3 Å². The Hall–Kier alpha value is -3.16. The van der Waals surface area contributed by atoms with Crippen LogP contribution in [0.2, 0.25) is 25.7 Å². The summed E-state index contributed by atoms with van der Waals surface area (Å²) in [6, 6.07) is 7.14. The van der Waals surface area contributed by atoms with Gasteiger partial charge in [0.05, 0.1) is 11.6 Å². The predicted molar refractivity (Wildman–Crippen MR) is 148 cm³/mol. The van der Waals surface area contributed by atoms with E-state index in [-0.39, 0.29) is 35.4 Å². The second kappa shape index (κ2) is 13.5. The van der Waals surface area contributed by atoms with Crippen LogP contribution in [0.15, 0.2) is 40.1 Å². The summed E-state index contributed by atoms with van der Waals surface area (Å²) >= 11 is 0. The van der Waals surface area contributed by atoms with Crippen LogP contribution in [-0.4, -0.2) is 43.1 Å². The van der Waals surface area contributed by atoms with E-state index in [9.17, 15) is 22.8 Å². The van der Waals surface area contributed by atoms with Crippen molar-refractivity contribution < 1.29 is 32.2 Å². The van der Waals surface area contributed by atoms with Crippen molar-refractivity contribution in [2.24, 2.45) is 0 Å². The molecule has 0 N–H and O–H groups in total. The molecule has 2 aromatic heterocycles. The molecule has 13 heteroatoms. The van der Waals surface area contributed by atoms with Crippen molar-refractivity contribution in [1.29, 1.82) is 0 Å². The SMILES string of the molecule is CCCCCc1c(Oc2cnn(COCC[Si](C)(C)C)c(=O)c2C(F)(F)F)c2ccccc2c(=O)n1OCOC. The Kier molecular flexibility index (Phi) is 10.6. The quantitative estimate of drug-likeness (QED) is 0.142. The maximum absolute atomic E-state index is 14.3. The van der Waals surface area contributed by atoms with E-state index in [2.05, 4.69) is 24.7 Å². The molecule has 0 aliphatic heterocycles. The molecule has 0 atom stereocenters. The van der Waals surface area contributed by atoms with E-state index in [1.165, 1.54) is 13.2 Å². The van der Waals surface area contributed by atoms with Crippen molar-refractivity contribution in [1.82, 2.24) is 14.5 Å². The lowest BCUT2D eigenvalue weighted by Crippen LogP contribution is -2.33. The van der Waals surface area contributed by atoms with Crippen molar-refractivity contribution in [3.05, 3.63) is 62.4 Å². The molecule has 1 aromatic carbocycles. The molecule has 0 aliphatic carbocycles. The highest BCUT2D eigenvalue weighted by molar-refractivity contribution is 6.76. The Balaban J connectivity index is 2.14. The van der Waals surface area contributed by atoms with E-state index in [0.717, 1.165) is 29.8 Å². The molecule has 40 heavy (non-hydrogen) atoms. The molecule has 0 saturated heterocycles. The average Bonchev–Trinajstić information content (AvgIpc) is 2.88. The molecule has 0 bridgehead atoms. The first-order valence-electron chi connectivity index (χ1n) is 13.1. The van der Waals surface area contributed by atoms with Gasteiger partial charge >= 0.3 is 6.18 Å². The standard InChI is InChI=1S/C27H36F3N3O6Si/c1-6-7-8-13-21-24(19-11-9-10-12-20(19)25(34)33(21)38-18-36-2)39-22-16-31-32(17-37-14-15-40(3,4)5)26(35)23(22)27(28,29)30/h9-12,16H,6-8,13-15,17-18H2,1-5H3. The highest BCUT2D eigenvalue weighted by atomic mass is 28.3. The lowest BCUT2D eigenvalue weighted by Gasteiger charge is -2.21. The fraction of sp³-hybridized carbons (Fsp3) is 0.519. The van der Waals surface area contributed by atoms with Gasteiger partial charge in [0, 0.05) is 27.2 Å². The first-order chi connectivity index (χ1) is 18.9. The number of nitrogens with zero attached hydrogens (tertiary/aromatic N) is 3. The van der Waals surface area contributed by atoms with Crippen molar-refractivity contribution in [3.8, 4) is 11.5 Å². The number of hydrogen-bond acceptors (Lipinski definition) is 7. The number of halogens is 3. The Morgan fingerprint density at radius 2 is 1.73 bits per heavy atom. The number of rotatable bonds is 14. The Morgan fingerprint density at radius 1 is 1.02 bits per heavy atom. The van der Waals surface area contributed by atoms with E-state index >= 15 is 0 Å². The van der Waals surface area contributed by atoms with Gasteiger partial charge in [-0.05, 0) is 25.0 Å². The smallest absolute Gasteiger partial charge is 0.425 e. The molecule has 3 rings (SSSR count). The van der Waals surface area contributed by atoms with Crippen molar-refractivity contribution >= 4 is 18.8 Å². The maximum atomic E-state index is 14.3. The third-order valence-corrected chi connectivity index (χ3v) is 7.83. The number of pyridine rings is 1. The van der Waals surface area contributed by atoms with Crippen LogP contribution in [0, 0.1) is 0 Å². The largest absolute Gasteiger partial charge is 0.452 e. The lowest BCUT2D eigenvalue weighted by molar-refractivity contribution is -0.140. The van der Waals surface area contributed by atoms with Gasteiger partial charge in [0.25, 0.3) is 11.1 Å². The van der Waals surface area contributed by atoms with Crippen LogP contribution in [0.5, 0.6) is 11.5 Å². The van der Waals surface area contributed by atoms with Gasteiger partial charge in [-0.1, -0.05) is 57.6 Å². The second-order valence-electron chi connectivity index (χ2n) is 10.6. The van der Waals surface area contributed by atoms with Crippen LogP contribution >= 0.6 is 0 Å². The molecule has 9 nitrogen and oxygen atoms in total. The minimum absolute atomic E-state index is 0.0294. The number of methoxy groups -OCH3 is 1. The van der Waals surface area contributed by atoms with Crippen LogP contribution in [-0.2, 0) is 28.8 Å². The van der Waals surface area contributed by atoms with E-state index in [1.807, 2.05) is 6.92 Å². The fourth-order valence-corrected chi connectivity index (χ4v) is 4.76. The van der Waals surface area contributed by atoms with Crippen LogP contribution in [0.1, 0.15) is 37.4 Å². The molecule has 0 radical (unpaired) electrons. The molecule has 2 heterocycles. The summed E-state index contributed by atoms with van der Waals surface area (Å²) in [6.07, 6.45) is -1.65. The molecular weight excluding hydrogens is 547 g/mol. The van der Waals surface area contributed by atoms with Crippen LogP contribution in [0.4, 0.5) is 13.2 Å². The first kappa shape index (κ1) is 31.4. The normalized spacial score (nSPS) is 12.2. The zero-order valence-electron chi connectivity index (χ0n) is 23.5. The van der Waals surface area contributed by atoms with Crippen molar-refractivity contribution in [2.75, 3.05) is 20.5 Å². The zero-order valence-corrected chi connectivity index (χ0v) is 24.5. The van der Waals surface area contributed by atoms with E-state index in [4.69, 9.17) is 19.0 Å². The highest BCUT2D eigenvalue weighted by Crippen LogP contribution is 2.38. The van der Waals surface area contributed by atoms with Crippen molar-refractivity contribution in [2.45, 2.75) is 71.2 Å². The van der Waals surface area contributed by atoms with Gasteiger partial charge < -0.3 is 19.0 Å². The molecule has 3 aromatic rings. The summed E-state index contributed by atoms with van der Waals surface area (Å²) in [5.41, 5.74) is -3.19. The summed E-state index contributed by atoms with van der Waals surface area (Å²) in [5, 5.41) is 4.35. The van der Waals surface area contributed by atoms with Gasteiger partial charge in [0.2, 0.25) is 6.79 Å². The topological polar surface area (TPSA) is 93.8 Å². The van der Waals surface area contributed by atoms with E-state index in [0.29, 0.717) is 17.7 Å². The number of fused-ring (bicyclic) bond motifs is 1. The predicted octanol–water partition coefficient (Wildman–Crippen LogP) is 5.45. The van der Waals surface area contributed by atoms with Crippen LogP contribution in [0.3, 0.4) is 0 Å². The molecule has 220 valence electrons. The van der Waals surface area contributed by atoms with Gasteiger partial charge in [0.15, 0.2) is 17.1 Å². The number of aromatic nitrogens is 3. The lowest BCUT2D eigenvalue weighted by atomic mass is 10.1. The summed E-state index contributed by atoms with van der Waals surface area (Å²) in [6.45, 7) is 8.01. The van der Waals surface area contributed by atoms with Crippen LogP contribution < -0.4 is 20.7 Å². The Labute approximate surface area is 231 Å². The fourth-order valence-electron chi connectivity index (χ4n) is 4.00. The minimum atomic E-state index is -5.05. The highest BCUT2D eigenvalue weighted by Gasteiger charge is 2.40. The number of ether oxygens (including phenoxy) is 3. The molecule has 0 saturated carbocycles. The molecular formula is C27H36F3N3O6Si. The Morgan fingerprint density at radius 3 is 2.35 bits per heavy atom. The number of unbranched alkanes of at least 4 members (excludes halogenated alkanes) is 2. The summed E-state index contributed by atoms with van der Waals surface area (Å²) in [7, 11) is -0.0546. The Bertz CT molecular complexity index is 1420. The summed E-state index contributed by atoms with van der Waals surface area (Å²) < 4.78 is 60.7. The van der Waals surface area contributed by atoms with Gasteiger partial charge in [-0.3, -0.25) is 9.59 Å². The van der Waals surface area contributed by atoms with Gasteiger partial charge in [-0.15, -0.1) is 4.73 Å². The first-order valence-corrected chi connectivity index (χ1v) is 16.8. The van der Waals surface area contributed by atoms with Crippen molar-refractivity contribution in [3.63, 3.8) is 0 Å². The summed E-state index contributed by atoms with van der Waals surface area (Å²) in [5.74, 6) is -0.812. The minimum Gasteiger partial charge on any atom is -0.452 e. The third kappa shape index (κ3) is 7.73. The molecule has 0 spiro atoms. The van der Waals surface area contributed by atoms with Gasteiger partial charge in [-0.25, -0.2) is 4.68 Å². The molecule has 0 aliphatic rings. The van der Waals surface area contributed by atoms with E-state index < -0.39 is 43.4 Å².